The van der Waals surface area contributed by atoms with Gasteiger partial charge in [-0.1, -0.05) is 6.92 Å². The number of likely N-dealkylation sites (tertiary alicyclic amines) is 1. The molecule has 0 N–H and O–H groups in total. The third kappa shape index (κ3) is 4.81. The van der Waals surface area contributed by atoms with E-state index in [0.29, 0.717) is 25.9 Å². The number of nitrogens with zero attached hydrogens (tertiary/aromatic N) is 3. The minimum absolute atomic E-state index is 0.116. The van der Waals surface area contributed by atoms with Gasteiger partial charge in [-0.3, -0.25) is 4.79 Å². The van der Waals surface area contributed by atoms with Crippen LogP contribution in [0.5, 0.6) is 0 Å². The van der Waals surface area contributed by atoms with Gasteiger partial charge in [0.05, 0.1) is 6.42 Å². The van der Waals surface area contributed by atoms with E-state index in [1.165, 1.54) is 0 Å². The molecule has 1 aromatic rings. The van der Waals surface area contributed by atoms with Gasteiger partial charge >= 0.3 is 6.09 Å². The van der Waals surface area contributed by atoms with Gasteiger partial charge in [-0.2, -0.15) is 0 Å². The van der Waals surface area contributed by atoms with Crippen molar-refractivity contribution < 1.29 is 14.3 Å². The minimum Gasteiger partial charge on any atom is -0.444 e. The number of carbonyl (C=O) groups excluding carboxylic acids is 2. The first-order valence-electron chi connectivity index (χ1n) is 8.31. The van der Waals surface area contributed by atoms with Crippen molar-refractivity contribution in [2.75, 3.05) is 13.1 Å². The highest BCUT2D eigenvalue weighted by Gasteiger charge is 2.33. The predicted molar refractivity (Wildman–Crippen MR) is 87.1 cm³/mol. The molecule has 1 aromatic heterocycles. The standard InChI is InChI=1S/C17H27N3O3/c1-5-8-19-10-7-18-15(19)11-14(21)13-6-9-20(12-13)16(22)23-17(2,3)4/h7,10,13H,5-6,8-9,11-12H2,1-4H3. The molecular formula is C17H27N3O3. The van der Waals surface area contributed by atoms with Crippen molar-refractivity contribution in [1.29, 1.82) is 0 Å². The molecule has 6 heteroatoms. The number of ether oxygens (including phenoxy) is 1. The van der Waals surface area contributed by atoms with Crippen LogP contribution in [0.3, 0.4) is 0 Å². The summed E-state index contributed by atoms with van der Waals surface area (Å²) < 4.78 is 7.39. The second-order valence-corrected chi connectivity index (χ2v) is 7.09. The summed E-state index contributed by atoms with van der Waals surface area (Å²) >= 11 is 0. The number of aromatic nitrogens is 2. The second kappa shape index (κ2) is 7.15. The van der Waals surface area contributed by atoms with Gasteiger partial charge in [0.25, 0.3) is 0 Å². The molecule has 128 valence electrons. The predicted octanol–water partition coefficient (Wildman–Crippen LogP) is 2.66. The third-order valence-electron chi connectivity index (χ3n) is 3.89. The Bertz CT molecular complexity index is 560. The summed E-state index contributed by atoms with van der Waals surface area (Å²) in [7, 11) is 0. The van der Waals surface area contributed by atoms with E-state index in [0.717, 1.165) is 18.8 Å². The van der Waals surface area contributed by atoms with E-state index in [1.807, 2.05) is 31.5 Å². The molecule has 0 spiro atoms. The lowest BCUT2D eigenvalue weighted by molar-refractivity contribution is -0.121. The topological polar surface area (TPSA) is 64.4 Å². The van der Waals surface area contributed by atoms with E-state index in [2.05, 4.69) is 11.9 Å². The monoisotopic (exact) mass is 321 g/mol. The average Bonchev–Trinajstić information content (AvgIpc) is 3.07. The van der Waals surface area contributed by atoms with Crippen LogP contribution in [0.15, 0.2) is 12.4 Å². The number of aryl methyl sites for hydroxylation is 1. The number of imidazole rings is 1. The number of amides is 1. The van der Waals surface area contributed by atoms with Crippen LogP contribution >= 0.6 is 0 Å². The maximum atomic E-state index is 12.5. The molecule has 0 bridgehead atoms. The molecular weight excluding hydrogens is 294 g/mol. The highest BCUT2D eigenvalue weighted by Crippen LogP contribution is 2.21. The van der Waals surface area contributed by atoms with Crippen LogP contribution in [0, 0.1) is 5.92 Å². The number of hydrogen-bond donors (Lipinski definition) is 0. The van der Waals surface area contributed by atoms with Gasteiger partial charge in [-0.25, -0.2) is 9.78 Å². The normalized spacial score (nSPS) is 18.3. The number of Topliss-reactive ketones (excluding diaryl/α,β-unsaturated/α-hetero) is 1. The molecule has 0 saturated carbocycles. The Morgan fingerprint density at radius 2 is 2.13 bits per heavy atom. The lowest BCUT2D eigenvalue weighted by Crippen LogP contribution is -2.36. The van der Waals surface area contributed by atoms with Crippen molar-refractivity contribution in [2.24, 2.45) is 5.92 Å². The number of hydrogen-bond acceptors (Lipinski definition) is 4. The summed E-state index contributed by atoms with van der Waals surface area (Å²) in [5.41, 5.74) is -0.510. The first-order valence-corrected chi connectivity index (χ1v) is 8.31. The smallest absolute Gasteiger partial charge is 0.410 e. The number of rotatable bonds is 5. The zero-order chi connectivity index (χ0) is 17.0. The van der Waals surface area contributed by atoms with Crippen LogP contribution in [0.2, 0.25) is 0 Å². The van der Waals surface area contributed by atoms with Gasteiger partial charge in [-0.15, -0.1) is 0 Å². The van der Waals surface area contributed by atoms with Crippen molar-refractivity contribution in [2.45, 2.75) is 59.1 Å². The van der Waals surface area contributed by atoms with Crippen LogP contribution < -0.4 is 0 Å². The maximum Gasteiger partial charge on any atom is 0.410 e. The highest BCUT2D eigenvalue weighted by atomic mass is 16.6. The van der Waals surface area contributed by atoms with Gasteiger partial charge in [0.1, 0.15) is 17.2 Å². The highest BCUT2D eigenvalue weighted by molar-refractivity contribution is 5.84. The summed E-state index contributed by atoms with van der Waals surface area (Å²) in [6.45, 7) is 9.53. The van der Waals surface area contributed by atoms with Crippen molar-refractivity contribution in [3.63, 3.8) is 0 Å². The van der Waals surface area contributed by atoms with Gasteiger partial charge in [0.15, 0.2) is 0 Å². The molecule has 23 heavy (non-hydrogen) atoms. The fraction of sp³-hybridized carbons (Fsp3) is 0.706. The van der Waals surface area contributed by atoms with Crippen LogP contribution in [0.1, 0.15) is 46.4 Å². The van der Waals surface area contributed by atoms with Gasteiger partial charge in [0.2, 0.25) is 0 Å². The molecule has 1 unspecified atom stereocenters. The average molecular weight is 321 g/mol. The summed E-state index contributed by atoms with van der Waals surface area (Å²) in [4.78, 5) is 30.5. The van der Waals surface area contributed by atoms with E-state index >= 15 is 0 Å². The largest absolute Gasteiger partial charge is 0.444 e. The maximum absolute atomic E-state index is 12.5. The zero-order valence-electron chi connectivity index (χ0n) is 14.5. The zero-order valence-corrected chi connectivity index (χ0v) is 14.5. The minimum atomic E-state index is -0.510. The second-order valence-electron chi connectivity index (χ2n) is 7.09. The molecule has 1 aliphatic heterocycles. The Balaban J connectivity index is 1.90. The van der Waals surface area contributed by atoms with Crippen molar-refractivity contribution >= 4 is 11.9 Å². The molecule has 6 nitrogen and oxygen atoms in total. The number of carbonyl (C=O) groups is 2. The van der Waals surface area contributed by atoms with Crippen LogP contribution in [0.4, 0.5) is 4.79 Å². The molecule has 1 fully saturated rings. The molecule has 0 aliphatic carbocycles. The molecule has 0 radical (unpaired) electrons. The summed E-state index contributed by atoms with van der Waals surface area (Å²) in [5.74, 6) is 0.849. The van der Waals surface area contributed by atoms with E-state index in [-0.39, 0.29) is 17.8 Å². The van der Waals surface area contributed by atoms with Crippen LogP contribution in [0.25, 0.3) is 0 Å². The van der Waals surface area contributed by atoms with Gasteiger partial charge < -0.3 is 14.2 Å². The Hall–Kier alpha value is -1.85. The molecule has 2 rings (SSSR count). The lowest BCUT2D eigenvalue weighted by Gasteiger charge is -2.24. The van der Waals surface area contributed by atoms with Crippen molar-refractivity contribution in [3.05, 3.63) is 18.2 Å². The van der Waals surface area contributed by atoms with E-state index in [4.69, 9.17) is 4.74 Å². The van der Waals surface area contributed by atoms with Crippen LogP contribution in [-0.4, -0.2) is 45.0 Å². The Labute approximate surface area is 137 Å². The SMILES string of the molecule is CCCn1ccnc1CC(=O)C1CCN(C(=O)OC(C)(C)C)C1. The van der Waals surface area contributed by atoms with Crippen molar-refractivity contribution in [1.82, 2.24) is 14.5 Å². The van der Waals surface area contributed by atoms with E-state index in [1.54, 1.807) is 11.1 Å². The van der Waals surface area contributed by atoms with E-state index in [9.17, 15) is 9.59 Å². The summed E-state index contributed by atoms with van der Waals surface area (Å²) in [5, 5.41) is 0. The quantitative estimate of drug-likeness (QED) is 0.836. The molecule has 1 atom stereocenters. The molecule has 1 amide bonds. The fourth-order valence-corrected chi connectivity index (χ4v) is 2.77. The van der Waals surface area contributed by atoms with Gasteiger partial charge in [-0.05, 0) is 33.6 Å². The Kier molecular flexibility index (Phi) is 5.44. The first-order chi connectivity index (χ1) is 10.8. The molecule has 1 aliphatic rings. The third-order valence-corrected chi connectivity index (χ3v) is 3.89. The Morgan fingerprint density at radius 3 is 2.78 bits per heavy atom. The first kappa shape index (κ1) is 17.5. The molecule has 1 saturated heterocycles. The van der Waals surface area contributed by atoms with Gasteiger partial charge in [0, 0.05) is 37.9 Å². The van der Waals surface area contributed by atoms with Crippen LogP contribution in [-0.2, 0) is 22.5 Å². The Morgan fingerprint density at radius 1 is 1.39 bits per heavy atom. The van der Waals surface area contributed by atoms with E-state index < -0.39 is 5.60 Å². The summed E-state index contributed by atoms with van der Waals surface area (Å²) in [6, 6.07) is 0. The molecule has 0 aromatic carbocycles. The fourth-order valence-electron chi connectivity index (χ4n) is 2.77. The summed E-state index contributed by atoms with van der Waals surface area (Å²) in [6.07, 6.45) is 5.35. The van der Waals surface area contributed by atoms with Crippen molar-refractivity contribution in [3.8, 4) is 0 Å². The number of ketones is 1. The molecule has 2 heterocycles. The lowest BCUT2D eigenvalue weighted by atomic mass is 10.0.